The summed E-state index contributed by atoms with van der Waals surface area (Å²) >= 11 is 6.04. The van der Waals surface area contributed by atoms with E-state index in [1.165, 1.54) is 25.3 Å². The number of benzene rings is 3. The normalized spacial score (nSPS) is 11.4. The van der Waals surface area contributed by atoms with E-state index in [1.807, 2.05) is 0 Å². The molecule has 200 valence electrons. The Morgan fingerprint density at radius 3 is 2.18 bits per heavy atom. The lowest BCUT2D eigenvalue weighted by molar-refractivity contribution is -0.139. The van der Waals surface area contributed by atoms with E-state index in [9.17, 15) is 19.5 Å². The number of nitrogens with one attached hydrogen (secondary N) is 1. The number of aliphatic carboxylic acids is 1. The molecule has 0 aliphatic rings. The molecule has 3 aromatic rings. The second kappa shape index (κ2) is 14.8. The topological polar surface area (TPSA) is 102 Å². The van der Waals surface area contributed by atoms with E-state index in [1.54, 1.807) is 66.7 Å². The van der Waals surface area contributed by atoms with E-state index in [4.69, 9.17) is 21.1 Å². The van der Waals surface area contributed by atoms with Crippen molar-refractivity contribution in [2.45, 2.75) is 51.5 Å². The van der Waals surface area contributed by atoms with E-state index in [0.717, 1.165) is 12.8 Å². The number of hydrogen-bond acceptors (Lipinski definition) is 5. The zero-order valence-corrected chi connectivity index (χ0v) is 22.1. The molecule has 2 N–H and O–H groups in total. The molecule has 0 saturated carbocycles. The van der Waals surface area contributed by atoms with Crippen molar-refractivity contribution in [3.63, 3.8) is 0 Å². The Morgan fingerprint density at radius 2 is 1.53 bits per heavy atom. The second-order valence-electron chi connectivity index (χ2n) is 8.87. The molecule has 0 spiro atoms. The van der Waals surface area contributed by atoms with E-state index >= 15 is 0 Å². The van der Waals surface area contributed by atoms with Crippen molar-refractivity contribution in [2.75, 3.05) is 6.61 Å². The monoisotopic (exact) mass is 537 g/mol. The van der Waals surface area contributed by atoms with Gasteiger partial charge in [0.2, 0.25) is 0 Å². The Kier molecular flexibility index (Phi) is 11.2. The number of hydrogen-bond donors (Lipinski definition) is 2. The molecular weight excluding hydrogens is 506 g/mol. The molecular formula is C30H32ClNO6. The molecule has 0 fully saturated rings. The molecule has 0 unspecified atom stereocenters. The maximum absolute atomic E-state index is 12.5. The summed E-state index contributed by atoms with van der Waals surface area (Å²) in [7, 11) is 0. The molecule has 1 amide bonds. The maximum atomic E-state index is 12.5. The average molecular weight is 538 g/mol. The van der Waals surface area contributed by atoms with Crippen LogP contribution in [0.4, 0.5) is 0 Å². The zero-order valence-electron chi connectivity index (χ0n) is 21.3. The predicted octanol–water partition coefficient (Wildman–Crippen LogP) is 6.33. The van der Waals surface area contributed by atoms with Crippen molar-refractivity contribution in [1.29, 1.82) is 0 Å². The molecule has 38 heavy (non-hydrogen) atoms. The number of carbonyl (C=O) groups is 3. The summed E-state index contributed by atoms with van der Waals surface area (Å²) in [5, 5.41) is 12.3. The number of amides is 1. The van der Waals surface area contributed by atoms with Gasteiger partial charge in [-0.05, 0) is 60.5 Å². The average Bonchev–Trinajstić information content (AvgIpc) is 2.91. The highest BCUT2D eigenvalue weighted by Crippen LogP contribution is 2.19. The van der Waals surface area contributed by atoms with Gasteiger partial charge in [0.15, 0.2) is 0 Å². The maximum Gasteiger partial charge on any atom is 0.343 e. The summed E-state index contributed by atoms with van der Waals surface area (Å²) in [5.74, 6) is -1.24. The van der Waals surface area contributed by atoms with Crippen LogP contribution in [-0.4, -0.2) is 35.6 Å². The minimum absolute atomic E-state index is 0.0415. The fourth-order valence-electron chi connectivity index (χ4n) is 3.76. The van der Waals surface area contributed by atoms with Crippen LogP contribution in [0.1, 0.15) is 65.3 Å². The van der Waals surface area contributed by atoms with Gasteiger partial charge in [-0.2, -0.15) is 0 Å². The number of ether oxygens (including phenoxy) is 2. The summed E-state index contributed by atoms with van der Waals surface area (Å²) in [6, 6.07) is 18.5. The van der Waals surface area contributed by atoms with Gasteiger partial charge < -0.3 is 19.9 Å². The number of carbonyl (C=O) groups excluding carboxylic acids is 2. The van der Waals surface area contributed by atoms with Crippen LogP contribution < -0.4 is 14.8 Å². The zero-order chi connectivity index (χ0) is 27.3. The number of unbranched alkanes of at least 4 members (excludes halogenated alkanes) is 4. The molecule has 0 aliphatic carbocycles. The highest BCUT2D eigenvalue weighted by molar-refractivity contribution is 6.33. The third-order valence-electron chi connectivity index (χ3n) is 5.90. The summed E-state index contributed by atoms with van der Waals surface area (Å²) in [6.07, 6.45) is 5.85. The first-order chi connectivity index (χ1) is 18.4. The van der Waals surface area contributed by atoms with Gasteiger partial charge in [0.25, 0.3) is 5.91 Å². The lowest BCUT2D eigenvalue weighted by atomic mass is 10.1. The van der Waals surface area contributed by atoms with Gasteiger partial charge in [-0.1, -0.05) is 68.5 Å². The molecule has 8 heteroatoms. The van der Waals surface area contributed by atoms with Gasteiger partial charge in [0, 0.05) is 6.42 Å². The third kappa shape index (κ3) is 8.92. The van der Waals surface area contributed by atoms with Gasteiger partial charge in [0.1, 0.15) is 17.5 Å². The Morgan fingerprint density at radius 1 is 0.868 bits per heavy atom. The van der Waals surface area contributed by atoms with Crippen LogP contribution in [0.5, 0.6) is 11.5 Å². The summed E-state index contributed by atoms with van der Waals surface area (Å²) in [6.45, 7) is 2.83. The van der Waals surface area contributed by atoms with E-state index < -0.39 is 23.9 Å². The molecule has 0 bridgehead atoms. The molecule has 0 aliphatic heterocycles. The molecule has 3 rings (SSSR count). The minimum Gasteiger partial charge on any atom is -0.494 e. The highest BCUT2D eigenvalue weighted by atomic mass is 35.5. The van der Waals surface area contributed by atoms with Crippen LogP contribution in [0.15, 0.2) is 72.8 Å². The van der Waals surface area contributed by atoms with E-state index in [0.29, 0.717) is 29.2 Å². The number of carboxylic acid groups (broad SMARTS) is 1. The Bertz CT molecular complexity index is 1210. The fraction of sp³-hybridized carbons (Fsp3) is 0.300. The molecule has 7 nitrogen and oxygen atoms in total. The lowest BCUT2D eigenvalue weighted by Crippen LogP contribution is -2.42. The summed E-state index contributed by atoms with van der Waals surface area (Å²) in [4.78, 5) is 36.7. The minimum atomic E-state index is -1.18. The number of halogens is 1. The fourth-order valence-corrected chi connectivity index (χ4v) is 3.98. The highest BCUT2D eigenvalue weighted by Gasteiger charge is 2.22. The van der Waals surface area contributed by atoms with Gasteiger partial charge >= 0.3 is 11.9 Å². The predicted molar refractivity (Wildman–Crippen MR) is 146 cm³/mol. The molecule has 0 radical (unpaired) electrons. The van der Waals surface area contributed by atoms with Crippen molar-refractivity contribution in [2.24, 2.45) is 0 Å². The first-order valence-electron chi connectivity index (χ1n) is 12.7. The first kappa shape index (κ1) is 28.7. The lowest BCUT2D eigenvalue weighted by Gasteiger charge is -2.15. The van der Waals surface area contributed by atoms with Crippen molar-refractivity contribution in [3.05, 3.63) is 94.5 Å². The van der Waals surface area contributed by atoms with Gasteiger partial charge in [-0.15, -0.1) is 0 Å². The number of carboxylic acids is 1. The van der Waals surface area contributed by atoms with Gasteiger partial charge in [-0.3, -0.25) is 4.79 Å². The summed E-state index contributed by atoms with van der Waals surface area (Å²) < 4.78 is 11.2. The Hall–Kier alpha value is -3.84. The Balaban J connectivity index is 1.51. The molecule has 3 aromatic carbocycles. The number of rotatable bonds is 14. The smallest absolute Gasteiger partial charge is 0.343 e. The van der Waals surface area contributed by atoms with Crippen LogP contribution in [0, 0.1) is 0 Å². The quantitative estimate of drug-likeness (QED) is 0.141. The second-order valence-corrected chi connectivity index (χ2v) is 9.28. The number of esters is 1. The van der Waals surface area contributed by atoms with Gasteiger partial charge in [-0.25, -0.2) is 9.59 Å². The molecule has 1 atom stereocenters. The van der Waals surface area contributed by atoms with Crippen LogP contribution in [0.25, 0.3) is 0 Å². The van der Waals surface area contributed by atoms with Crippen molar-refractivity contribution >= 4 is 29.4 Å². The standard InChI is InChI=1S/C30H32ClNO6/c1-2-3-4-5-8-19-37-23-17-13-22(14-18-23)30(36)38-24-15-11-21(12-16-24)20-27(29(34)35)32-28(33)25-9-6-7-10-26(25)31/h6-7,9-18,27H,2-5,8,19-20H2,1H3,(H,32,33)(H,34,35)/t27-/m0/s1. The molecule has 0 saturated heterocycles. The first-order valence-corrected chi connectivity index (χ1v) is 13.1. The van der Waals surface area contributed by atoms with E-state index in [-0.39, 0.29) is 17.0 Å². The van der Waals surface area contributed by atoms with Crippen LogP contribution in [0.3, 0.4) is 0 Å². The largest absolute Gasteiger partial charge is 0.494 e. The van der Waals surface area contributed by atoms with Crippen molar-refractivity contribution in [3.8, 4) is 11.5 Å². The van der Waals surface area contributed by atoms with Crippen molar-refractivity contribution in [1.82, 2.24) is 5.32 Å². The van der Waals surface area contributed by atoms with Gasteiger partial charge in [0.05, 0.1) is 22.8 Å². The molecule has 0 heterocycles. The van der Waals surface area contributed by atoms with Crippen LogP contribution >= 0.6 is 11.6 Å². The van der Waals surface area contributed by atoms with Crippen LogP contribution in [0.2, 0.25) is 5.02 Å². The SMILES string of the molecule is CCCCCCCOc1ccc(C(=O)Oc2ccc(C[C@H](NC(=O)c3ccccc3Cl)C(=O)O)cc2)cc1. The van der Waals surface area contributed by atoms with Crippen LogP contribution in [-0.2, 0) is 11.2 Å². The third-order valence-corrected chi connectivity index (χ3v) is 6.23. The summed E-state index contributed by atoms with van der Waals surface area (Å²) in [5.41, 5.74) is 1.23. The van der Waals surface area contributed by atoms with Crippen molar-refractivity contribution < 1.29 is 29.0 Å². The van der Waals surface area contributed by atoms with E-state index in [2.05, 4.69) is 12.2 Å². The molecule has 0 aromatic heterocycles. The Labute approximate surface area is 227 Å².